The van der Waals surface area contributed by atoms with Gasteiger partial charge in [0.15, 0.2) is 0 Å². The van der Waals surface area contributed by atoms with Crippen LogP contribution in [0.2, 0.25) is 0 Å². The largest absolute Gasteiger partial charge is 0.417 e. The number of benzene rings is 2. The zero-order chi connectivity index (χ0) is 25.2. The summed E-state index contributed by atoms with van der Waals surface area (Å²) in [4.78, 5) is 21.6. The van der Waals surface area contributed by atoms with E-state index in [2.05, 4.69) is 20.6 Å². The summed E-state index contributed by atoms with van der Waals surface area (Å²) in [5, 5.41) is 6.19. The fourth-order valence-corrected chi connectivity index (χ4v) is 4.61. The van der Waals surface area contributed by atoms with Gasteiger partial charge in [-0.3, -0.25) is 4.79 Å². The van der Waals surface area contributed by atoms with E-state index in [4.69, 9.17) is 0 Å². The van der Waals surface area contributed by atoms with Gasteiger partial charge in [-0.1, -0.05) is 12.1 Å². The number of nitrogens with zero attached hydrogens (tertiary/aromatic N) is 3. The number of halogens is 3. The summed E-state index contributed by atoms with van der Waals surface area (Å²) in [6.07, 6.45) is -2.97. The SMILES string of the molecule is CC(=O)NCCNc1ccc2nc(-c3ccc(-c4ccc(N(C)C)nc4)cc3C(F)(F)F)sc2c1. The number of thiazole rings is 1. The summed E-state index contributed by atoms with van der Waals surface area (Å²) < 4.78 is 43.0. The lowest BCUT2D eigenvalue weighted by molar-refractivity contribution is -0.137. The number of fused-ring (bicyclic) bond motifs is 1. The Morgan fingerprint density at radius 1 is 1.03 bits per heavy atom. The highest BCUT2D eigenvalue weighted by atomic mass is 32.1. The van der Waals surface area contributed by atoms with Crippen molar-refractivity contribution >= 4 is 39.0 Å². The maximum atomic E-state index is 14.1. The van der Waals surface area contributed by atoms with Crippen molar-refractivity contribution < 1.29 is 18.0 Å². The molecule has 2 aromatic heterocycles. The van der Waals surface area contributed by atoms with E-state index in [-0.39, 0.29) is 11.5 Å². The van der Waals surface area contributed by atoms with E-state index in [9.17, 15) is 18.0 Å². The van der Waals surface area contributed by atoms with Crippen molar-refractivity contribution in [1.82, 2.24) is 15.3 Å². The number of alkyl halides is 3. The average Bonchev–Trinajstić information content (AvgIpc) is 3.24. The van der Waals surface area contributed by atoms with Gasteiger partial charge < -0.3 is 15.5 Å². The number of carbonyl (C=O) groups is 1. The van der Waals surface area contributed by atoms with Gasteiger partial charge in [-0.05, 0) is 42.0 Å². The van der Waals surface area contributed by atoms with Crippen molar-refractivity contribution in [3.63, 3.8) is 0 Å². The third-order valence-electron chi connectivity index (χ3n) is 5.31. The molecule has 0 bridgehead atoms. The van der Waals surface area contributed by atoms with E-state index in [0.29, 0.717) is 34.7 Å². The molecule has 0 spiro atoms. The number of amides is 1. The van der Waals surface area contributed by atoms with Crippen molar-refractivity contribution in [3.05, 3.63) is 60.3 Å². The highest BCUT2D eigenvalue weighted by molar-refractivity contribution is 7.21. The molecule has 0 unspecified atom stereocenters. The third-order valence-corrected chi connectivity index (χ3v) is 6.36. The number of rotatable bonds is 7. The Kier molecular flexibility index (Phi) is 6.93. The van der Waals surface area contributed by atoms with Crippen molar-refractivity contribution in [2.75, 3.05) is 37.4 Å². The molecule has 0 fully saturated rings. The molecular weight excluding hydrogens is 475 g/mol. The maximum Gasteiger partial charge on any atom is 0.417 e. The first-order valence-electron chi connectivity index (χ1n) is 10.9. The standard InChI is InChI=1S/C25H24F3N5OS/c1-15(34)29-10-11-30-18-6-8-21-22(13-18)35-24(32-21)19-7-4-16(12-20(19)25(26,27)28)17-5-9-23(31-14-17)33(2)3/h4-9,12-14,30H,10-11H2,1-3H3,(H,29,34). The molecule has 0 atom stereocenters. The van der Waals surface area contributed by atoms with Gasteiger partial charge in [-0.25, -0.2) is 9.97 Å². The summed E-state index contributed by atoms with van der Waals surface area (Å²) in [6.45, 7) is 2.45. The second-order valence-electron chi connectivity index (χ2n) is 8.17. The molecule has 2 aromatic carbocycles. The topological polar surface area (TPSA) is 70.2 Å². The van der Waals surface area contributed by atoms with Gasteiger partial charge in [0.25, 0.3) is 0 Å². The van der Waals surface area contributed by atoms with E-state index in [0.717, 1.165) is 22.3 Å². The van der Waals surface area contributed by atoms with Crippen LogP contribution in [0.25, 0.3) is 31.9 Å². The molecule has 2 N–H and O–H groups in total. The normalized spacial score (nSPS) is 11.5. The lowest BCUT2D eigenvalue weighted by atomic mass is 10.00. The number of carbonyl (C=O) groups excluding carboxylic acids is 1. The lowest BCUT2D eigenvalue weighted by Crippen LogP contribution is -2.26. The predicted octanol–water partition coefficient (Wildman–Crippen LogP) is 5.66. The van der Waals surface area contributed by atoms with Gasteiger partial charge in [-0.15, -0.1) is 11.3 Å². The van der Waals surface area contributed by atoms with Crippen LogP contribution in [0.15, 0.2) is 54.7 Å². The van der Waals surface area contributed by atoms with Crippen LogP contribution in [0.4, 0.5) is 24.7 Å². The Hall–Kier alpha value is -3.66. The first-order chi connectivity index (χ1) is 16.6. The minimum absolute atomic E-state index is 0.0421. The minimum atomic E-state index is -4.55. The quantitative estimate of drug-likeness (QED) is 0.321. The molecule has 4 rings (SSSR count). The molecule has 6 nitrogen and oxygen atoms in total. The van der Waals surface area contributed by atoms with Crippen LogP contribution in [0.5, 0.6) is 0 Å². The van der Waals surface area contributed by atoms with Gasteiger partial charge in [0, 0.05) is 57.1 Å². The Balaban J connectivity index is 1.65. The van der Waals surface area contributed by atoms with Gasteiger partial charge in [0.2, 0.25) is 5.91 Å². The highest BCUT2D eigenvalue weighted by Gasteiger charge is 2.35. The first-order valence-corrected chi connectivity index (χ1v) is 11.7. The second kappa shape index (κ2) is 9.91. The van der Waals surface area contributed by atoms with Crippen LogP contribution in [-0.4, -0.2) is 43.1 Å². The average molecular weight is 500 g/mol. The summed E-state index contributed by atoms with van der Waals surface area (Å²) in [5.41, 5.74) is 1.77. The molecule has 2 heterocycles. The molecule has 35 heavy (non-hydrogen) atoms. The first kappa shape index (κ1) is 24.5. The van der Waals surface area contributed by atoms with Gasteiger partial charge in [-0.2, -0.15) is 13.2 Å². The lowest BCUT2D eigenvalue weighted by Gasteiger charge is -2.14. The number of nitrogens with one attached hydrogen (secondary N) is 2. The zero-order valence-electron chi connectivity index (χ0n) is 19.4. The van der Waals surface area contributed by atoms with Gasteiger partial charge in [0.05, 0.1) is 15.8 Å². The van der Waals surface area contributed by atoms with Crippen molar-refractivity contribution in [1.29, 1.82) is 0 Å². The fourth-order valence-electron chi connectivity index (χ4n) is 3.56. The van der Waals surface area contributed by atoms with E-state index in [1.807, 2.05) is 31.1 Å². The molecule has 0 aliphatic carbocycles. The summed E-state index contributed by atoms with van der Waals surface area (Å²) >= 11 is 1.21. The number of pyridine rings is 1. The van der Waals surface area contributed by atoms with Gasteiger partial charge in [0.1, 0.15) is 10.8 Å². The number of aromatic nitrogens is 2. The molecule has 4 aromatic rings. The Morgan fingerprint density at radius 3 is 2.46 bits per heavy atom. The van der Waals surface area contributed by atoms with Gasteiger partial charge >= 0.3 is 6.18 Å². The van der Waals surface area contributed by atoms with Crippen LogP contribution < -0.4 is 15.5 Å². The van der Waals surface area contributed by atoms with Crippen LogP contribution in [0.1, 0.15) is 12.5 Å². The summed E-state index contributed by atoms with van der Waals surface area (Å²) in [6, 6.07) is 13.3. The second-order valence-corrected chi connectivity index (χ2v) is 9.20. The zero-order valence-corrected chi connectivity index (χ0v) is 20.2. The molecule has 0 aliphatic heterocycles. The molecule has 0 aliphatic rings. The third kappa shape index (κ3) is 5.71. The van der Waals surface area contributed by atoms with Crippen LogP contribution in [0, 0.1) is 0 Å². The fraction of sp³-hybridized carbons (Fsp3) is 0.240. The van der Waals surface area contributed by atoms with E-state index in [1.54, 1.807) is 30.5 Å². The molecule has 10 heteroatoms. The van der Waals surface area contributed by atoms with Crippen molar-refractivity contribution in [2.45, 2.75) is 13.1 Å². The van der Waals surface area contributed by atoms with E-state index < -0.39 is 11.7 Å². The number of anilines is 2. The van der Waals surface area contributed by atoms with Crippen LogP contribution in [-0.2, 0) is 11.0 Å². The number of hydrogen-bond acceptors (Lipinski definition) is 6. The van der Waals surface area contributed by atoms with Crippen LogP contribution >= 0.6 is 11.3 Å². The molecule has 0 saturated carbocycles. The maximum absolute atomic E-state index is 14.1. The molecule has 0 saturated heterocycles. The van der Waals surface area contributed by atoms with Crippen molar-refractivity contribution in [3.8, 4) is 21.7 Å². The Morgan fingerprint density at radius 2 is 1.80 bits per heavy atom. The predicted molar refractivity (Wildman–Crippen MR) is 135 cm³/mol. The smallest absolute Gasteiger partial charge is 0.383 e. The monoisotopic (exact) mass is 499 g/mol. The Bertz CT molecular complexity index is 1350. The molecule has 0 radical (unpaired) electrons. The molecule has 1 amide bonds. The van der Waals surface area contributed by atoms with Crippen LogP contribution in [0.3, 0.4) is 0 Å². The highest BCUT2D eigenvalue weighted by Crippen LogP contribution is 2.42. The van der Waals surface area contributed by atoms with E-state index >= 15 is 0 Å². The summed E-state index contributed by atoms with van der Waals surface area (Å²) in [5.74, 6) is 0.613. The Labute approximate surface area is 204 Å². The summed E-state index contributed by atoms with van der Waals surface area (Å²) in [7, 11) is 3.70. The van der Waals surface area contributed by atoms with Crippen molar-refractivity contribution in [2.24, 2.45) is 0 Å². The molecular formula is C25H24F3N5OS. The number of hydrogen-bond donors (Lipinski definition) is 2. The molecule has 182 valence electrons. The minimum Gasteiger partial charge on any atom is -0.383 e. The van der Waals surface area contributed by atoms with E-state index in [1.165, 1.54) is 24.3 Å².